The van der Waals surface area contributed by atoms with Gasteiger partial charge in [0.2, 0.25) is 5.91 Å². The Bertz CT molecular complexity index is 1450. The van der Waals surface area contributed by atoms with Crippen LogP contribution in [0.1, 0.15) is 96.9 Å². The summed E-state index contributed by atoms with van der Waals surface area (Å²) in [5, 5.41) is 28.4. The number of aliphatic carboxylic acids is 2. The molecule has 24 nitrogen and oxygen atoms in total. The van der Waals surface area contributed by atoms with E-state index in [-0.39, 0.29) is 83.4 Å². The third kappa shape index (κ3) is 59.5. The minimum atomic E-state index is -0.741. The van der Waals surface area contributed by atoms with E-state index in [0.29, 0.717) is 0 Å². The van der Waals surface area contributed by atoms with E-state index < -0.39 is 23.9 Å². The Labute approximate surface area is 399 Å². The quantitative estimate of drug-likeness (QED) is 0.0623. The van der Waals surface area contributed by atoms with E-state index in [1.165, 1.54) is 14.1 Å². The van der Waals surface area contributed by atoms with Gasteiger partial charge in [-0.3, -0.25) is 38.5 Å². The lowest BCUT2D eigenvalue weighted by atomic mass is 10.2. The van der Waals surface area contributed by atoms with Gasteiger partial charge in [0.25, 0.3) is 12.0 Å². The summed E-state index contributed by atoms with van der Waals surface area (Å²) in [4.78, 5) is 110. The smallest absolute Gasteiger partial charge is 0.323 e. The van der Waals surface area contributed by atoms with Crippen molar-refractivity contribution in [2.24, 2.45) is 61.4 Å². The highest BCUT2D eigenvalue weighted by atomic mass is 16.6. The standard InChI is InChI=1S/C8H14O3.3C7H14N2O2.2C4H8O2.C3H8N2O.C3H6N2/c1-5(2)7(9)11-8(10)6(3)4;2*1-5(2)6(10)11-7(8-3)9-4;1-5(2)6(10)9(4)7(11)8-3;2*1-3(2)4(5)6;1-4-3(6)5-2;1-4-3-5-2/h5-6H,1-4H3;2*5H,1-4H3,(H,8,9);5H,1-4H3,(H,8,11);2*3H,1-2H3,(H,5,6);1-2H3,(H2,4,5,6);1-2H3. The number of carboxylic acid groups (broad SMARTS) is 2. The van der Waals surface area contributed by atoms with E-state index in [9.17, 15) is 43.2 Å². The highest BCUT2D eigenvalue weighted by Gasteiger charge is 2.18. The van der Waals surface area contributed by atoms with Gasteiger partial charge in [0.05, 0.1) is 41.5 Å². The lowest BCUT2D eigenvalue weighted by Gasteiger charge is -2.16. The van der Waals surface area contributed by atoms with Crippen LogP contribution < -0.4 is 26.6 Å². The van der Waals surface area contributed by atoms with Gasteiger partial charge in [-0.15, -0.1) is 0 Å². The molecule has 5 amide bonds. The van der Waals surface area contributed by atoms with Crippen LogP contribution in [0, 0.1) is 41.4 Å². The predicted molar refractivity (Wildman–Crippen MR) is 260 cm³/mol. The van der Waals surface area contributed by atoms with Crippen molar-refractivity contribution in [3.63, 3.8) is 0 Å². The molecule has 24 heteroatoms. The number of aliphatic imine (C=N–C) groups is 4. The predicted octanol–water partition coefficient (Wildman–Crippen LogP) is 4.01. The maximum atomic E-state index is 11.1. The molecule has 0 aromatic carbocycles. The highest BCUT2D eigenvalue weighted by Crippen LogP contribution is 2.02. The van der Waals surface area contributed by atoms with Gasteiger partial charge < -0.3 is 51.0 Å². The minimum Gasteiger partial charge on any atom is -0.481 e. The first-order valence-electron chi connectivity index (χ1n) is 20.9. The number of amidine groups is 2. The number of carbonyl (C=O) groups excluding carboxylic acids is 7. The maximum absolute atomic E-state index is 11.1. The summed E-state index contributed by atoms with van der Waals surface area (Å²) in [7, 11) is 15.8. The van der Waals surface area contributed by atoms with Crippen molar-refractivity contribution in [3.8, 4) is 0 Å². The number of carboxylic acids is 2. The fraction of sp³-hybridized carbons (Fsp3) is 0.721. The first-order chi connectivity index (χ1) is 30.7. The number of amides is 5. The van der Waals surface area contributed by atoms with Crippen LogP contribution in [0.25, 0.3) is 0 Å². The van der Waals surface area contributed by atoms with Gasteiger partial charge in [-0.05, 0) is 0 Å². The van der Waals surface area contributed by atoms with Crippen molar-refractivity contribution in [2.45, 2.75) is 96.9 Å². The molecule has 0 saturated carbocycles. The lowest BCUT2D eigenvalue weighted by molar-refractivity contribution is -0.164. The second-order valence-corrected chi connectivity index (χ2v) is 14.7. The maximum Gasteiger partial charge on any atom is 0.323 e. The zero-order valence-corrected chi connectivity index (χ0v) is 44.6. The molecule has 0 fully saturated rings. The molecular formula is C43H86N10O14. The summed E-state index contributed by atoms with van der Waals surface area (Å²) >= 11 is 0. The van der Waals surface area contributed by atoms with Gasteiger partial charge in [0.1, 0.15) is 0 Å². The van der Waals surface area contributed by atoms with E-state index in [0.717, 1.165) is 4.90 Å². The third-order valence-electron chi connectivity index (χ3n) is 6.30. The van der Waals surface area contributed by atoms with E-state index in [1.807, 2.05) is 0 Å². The van der Waals surface area contributed by atoms with Gasteiger partial charge in [-0.2, -0.15) is 0 Å². The first-order valence-corrected chi connectivity index (χ1v) is 20.9. The molecular weight excluding hydrogens is 881 g/mol. The molecule has 0 atom stereocenters. The average molecular weight is 967 g/mol. The summed E-state index contributed by atoms with van der Waals surface area (Å²) in [5.74, 6) is -4.45. The van der Waals surface area contributed by atoms with Gasteiger partial charge >= 0.3 is 47.9 Å². The van der Waals surface area contributed by atoms with Gasteiger partial charge in [0, 0.05) is 76.4 Å². The number of esters is 4. The normalized spacial score (nSPS) is 9.72. The van der Waals surface area contributed by atoms with E-state index in [1.54, 1.807) is 153 Å². The monoisotopic (exact) mass is 967 g/mol. The number of nitrogens with zero attached hydrogens (tertiary/aromatic N) is 5. The van der Waals surface area contributed by atoms with Crippen LogP contribution in [0.5, 0.6) is 0 Å². The fourth-order valence-corrected chi connectivity index (χ4v) is 2.06. The molecule has 0 heterocycles. The number of ether oxygens (including phenoxy) is 3. The number of hydrogen-bond donors (Lipinski definition) is 7. The lowest BCUT2D eigenvalue weighted by Crippen LogP contribution is -2.41. The Morgan fingerprint density at radius 1 is 0.433 bits per heavy atom. The number of nitrogens with one attached hydrogen (secondary N) is 5. The van der Waals surface area contributed by atoms with Crippen LogP contribution in [0.3, 0.4) is 0 Å². The van der Waals surface area contributed by atoms with Gasteiger partial charge in [-0.25, -0.2) is 29.6 Å². The Kier molecular flexibility index (Phi) is 58.7. The molecule has 0 aliphatic rings. The van der Waals surface area contributed by atoms with Crippen LogP contribution in [0.4, 0.5) is 9.59 Å². The van der Waals surface area contributed by atoms with Crippen LogP contribution in [0.2, 0.25) is 0 Å². The molecule has 0 aromatic rings. The van der Waals surface area contributed by atoms with Gasteiger partial charge in [-0.1, -0.05) is 96.9 Å². The van der Waals surface area contributed by atoms with Crippen LogP contribution >= 0.6 is 0 Å². The van der Waals surface area contributed by atoms with Crippen LogP contribution in [-0.2, 0) is 47.8 Å². The molecule has 392 valence electrons. The van der Waals surface area contributed by atoms with E-state index >= 15 is 0 Å². The molecule has 7 N–H and O–H groups in total. The highest BCUT2D eigenvalue weighted by molar-refractivity contribution is 5.94. The minimum absolute atomic E-state index is 0.125. The summed E-state index contributed by atoms with van der Waals surface area (Å²) in [6.45, 7) is 23.9. The summed E-state index contributed by atoms with van der Waals surface area (Å²) < 4.78 is 14.1. The van der Waals surface area contributed by atoms with Crippen molar-refractivity contribution in [3.05, 3.63) is 0 Å². The fourth-order valence-electron chi connectivity index (χ4n) is 2.06. The molecule has 0 aliphatic carbocycles. The largest absolute Gasteiger partial charge is 0.481 e. The number of carbonyl (C=O) groups is 9. The summed E-state index contributed by atoms with van der Waals surface area (Å²) in [6.07, 6.45) is 0. The van der Waals surface area contributed by atoms with E-state index in [4.69, 9.17) is 19.7 Å². The first kappa shape index (κ1) is 77.8. The van der Waals surface area contributed by atoms with Crippen molar-refractivity contribution in [1.82, 2.24) is 31.5 Å². The Balaban J connectivity index is -0.000000101. The average Bonchev–Trinajstić information content (AvgIpc) is 3.27. The summed E-state index contributed by atoms with van der Waals surface area (Å²) in [5.41, 5.74) is 0. The van der Waals surface area contributed by atoms with E-state index in [2.05, 4.69) is 57.3 Å². The number of hydrogen-bond acceptors (Lipinski definition) is 16. The second kappa shape index (κ2) is 50.5. The number of urea groups is 2. The Hall–Kier alpha value is -6.45. The Morgan fingerprint density at radius 3 is 0.806 bits per heavy atom. The Morgan fingerprint density at radius 2 is 0.687 bits per heavy atom. The number of rotatable bonds is 7. The van der Waals surface area contributed by atoms with Crippen LogP contribution in [-0.4, -0.2) is 157 Å². The molecule has 0 rings (SSSR count). The summed E-state index contributed by atoms with van der Waals surface area (Å²) in [6, 6.07) is 2.34. The molecule has 0 saturated heterocycles. The zero-order chi connectivity index (χ0) is 55.2. The van der Waals surface area contributed by atoms with Crippen molar-refractivity contribution >= 4 is 71.8 Å². The molecule has 0 aliphatic heterocycles. The molecule has 0 unspecified atom stereocenters. The molecule has 0 radical (unpaired) electrons. The molecule has 0 bridgehead atoms. The van der Waals surface area contributed by atoms with Crippen LogP contribution in [0.15, 0.2) is 20.0 Å². The SMILES string of the molecule is CC(C)C(=O)O.CC(C)C(=O)O.CC(C)C(=O)OC(=O)C(C)C.CN=C(NC)OC(=O)C(C)C.CN=C(NC)OC(=O)C(C)C.CN=C=NC.CNC(=O)N(C)C(=O)C(C)C.CNC(=O)NC. The number of imide groups is 1. The molecule has 0 spiro atoms. The van der Waals surface area contributed by atoms with Crippen molar-refractivity contribution in [1.29, 1.82) is 0 Å². The third-order valence-corrected chi connectivity index (χ3v) is 6.30. The molecule has 0 aromatic heterocycles. The topological polar surface area (TPSA) is 335 Å². The van der Waals surface area contributed by atoms with Gasteiger partial charge in [0.15, 0.2) is 0 Å². The molecule has 67 heavy (non-hydrogen) atoms. The zero-order valence-electron chi connectivity index (χ0n) is 44.6. The second-order valence-electron chi connectivity index (χ2n) is 14.7. The van der Waals surface area contributed by atoms with Crippen molar-refractivity contribution < 1.29 is 67.6 Å². The van der Waals surface area contributed by atoms with Crippen molar-refractivity contribution in [2.75, 3.05) is 70.5 Å².